The maximum Gasteiger partial charge on any atom is 0.319 e. The van der Waals surface area contributed by atoms with Crippen LogP contribution in [0.4, 0.5) is 10.5 Å². The van der Waals surface area contributed by atoms with Crippen molar-refractivity contribution in [3.05, 3.63) is 66.2 Å². The Kier molecular flexibility index (Phi) is 4.70. The molecule has 2 amide bonds. The smallest absolute Gasteiger partial charge is 0.319 e. The van der Waals surface area contributed by atoms with Gasteiger partial charge in [0.1, 0.15) is 0 Å². The SMILES string of the molecule is O=C(Nc1ccccc1)NC1CC2CCC(C1)N2Cc1ccccc1. The third kappa shape index (κ3) is 3.85. The van der Waals surface area contributed by atoms with Crippen molar-refractivity contribution in [2.75, 3.05) is 5.32 Å². The van der Waals surface area contributed by atoms with Gasteiger partial charge in [0.2, 0.25) is 0 Å². The lowest BCUT2D eigenvalue weighted by atomic mass is 9.96. The van der Waals surface area contributed by atoms with Gasteiger partial charge >= 0.3 is 6.03 Å². The number of carbonyl (C=O) groups excluding carboxylic acids is 1. The summed E-state index contributed by atoms with van der Waals surface area (Å²) in [7, 11) is 0. The van der Waals surface area contributed by atoms with Crippen molar-refractivity contribution in [2.45, 2.75) is 50.4 Å². The van der Waals surface area contributed by atoms with Crippen molar-refractivity contribution in [1.29, 1.82) is 0 Å². The highest BCUT2D eigenvalue weighted by molar-refractivity contribution is 5.89. The highest BCUT2D eigenvalue weighted by Gasteiger charge is 2.40. The first-order valence-corrected chi connectivity index (χ1v) is 9.20. The number of hydrogen-bond acceptors (Lipinski definition) is 2. The average molecular weight is 335 g/mol. The lowest BCUT2D eigenvalue weighted by molar-refractivity contribution is 0.112. The molecule has 0 aromatic heterocycles. The van der Waals surface area contributed by atoms with Crippen molar-refractivity contribution in [2.24, 2.45) is 0 Å². The van der Waals surface area contributed by atoms with Crippen molar-refractivity contribution in [1.82, 2.24) is 10.2 Å². The topological polar surface area (TPSA) is 44.4 Å². The number of anilines is 1. The number of piperidine rings is 1. The molecular weight excluding hydrogens is 310 g/mol. The number of nitrogens with one attached hydrogen (secondary N) is 2. The van der Waals surface area contributed by atoms with Gasteiger partial charge in [-0.05, 0) is 43.4 Å². The lowest BCUT2D eigenvalue weighted by Crippen LogP contribution is -2.50. The normalized spacial score (nSPS) is 25.5. The molecule has 2 heterocycles. The van der Waals surface area contributed by atoms with Crippen LogP contribution in [0.1, 0.15) is 31.2 Å². The van der Waals surface area contributed by atoms with Crippen LogP contribution in [0.25, 0.3) is 0 Å². The van der Waals surface area contributed by atoms with Crippen LogP contribution in [0.15, 0.2) is 60.7 Å². The molecule has 2 N–H and O–H groups in total. The molecule has 4 rings (SSSR count). The molecule has 2 aliphatic rings. The molecule has 2 bridgehead atoms. The molecule has 2 fully saturated rings. The maximum absolute atomic E-state index is 12.3. The molecule has 2 unspecified atom stereocenters. The summed E-state index contributed by atoms with van der Waals surface area (Å²) in [6.07, 6.45) is 4.59. The summed E-state index contributed by atoms with van der Waals surface area (Å²) in [6, 6.07) is 21.7. The minimum Gasteiger partial charge on any atom is -0.335 e. The van der Waals surface area contributed by atoms with E-state index in [1.165, 1.54) is 18.4 Å². The number of rotatable bonds is 4. The maximum atomic E-state index is 12.3. The van der Waals surface area contributed by atoms with E-state index in [9.17, 15) is 4.79 Å². The fourth-order valence-electron chi connectivity index (χ4n) is 4.32. The van der Waals surface area contributed by atoms with Crippen LogP contribution in [0, 0.1) is 0 Å². The van der Waals surface area contributed by atoms with Gasteiger partial charge in [-0.3, -0.25) is 4.90 Å². The second kappa shape index (κ2) is 7.28. The Hall–Kier alpha value is -2.33. The van der Waals surface area contributed by atoms with Gasteiger partial charge in [-0.15, -0.1) is 0 Å². The van der Waals surface area contributed by atoms with E-state index >= 15 is 0 Å². The van der Waals surface area contributed by atoms with Crippen LogP contribution in [-0.4, -0.2) is 29.1 Å². The summed E-state index contributed by atoms with van der Waals surface area (Å²) < 4.78 is 0. The van der Waals surface area contributed by atoms with Gasteiger partial charge in [0.05, 0.1) is 0 Å². The zero-order chi connectivity index (χ0) is 17.1. The van der Waals surface area contributed by atoms with E-state index in [4.69, 9.17) is 0 Å². The molecular formula is C21H25N3O. The summed E-state index contributed by atoms with van der Waals surface area (Å²) in [5.41, 5.74) is 2.22. The lowest BCUT2D eigenvalue weighted by Gasteiger charge is -2.39. The summed E-state index contributed by atoms with van der Waals surface area (Å²) in [4.78, 5) is 14.9. The highest BCUT2D eigenvalue weighted by Crippen LogP contribution is 2.36. The van der Waals surface area contributed by atoms with Crippen molar-refractivity contribution in [3.8, 4) is 0 Å². The average Bonchev–Trinajstić information content (AvgIpc) is 2.86. The Morgan fingerprint density at radius 2 is 1.52 bits per heavy atom. The van der Waals surface area contributed by atoms with Gasteiger partial charge in [0, 0.05) is 30.4 Å². The van der Waals surface area contributed by atoms with Gasteiger partial charge in [-0.2, -0.15) is 0 Å². The molecule has 0 saturated carbocycles. The molecule has 0 spiro atoms. The minimum atomic E-state index is -0.0906. The first-order valence-electron chi connectivity index (χ1n) is 9.20. The quantitative estimate of drug-likeness (QED) is 0.887. The number of urea groups is 1. The molecule has 130 valence electrons. The Balaban J connectivity index is 1.33. The van der Waals surface area contributed by atoms with E-state index < -0.39 is 0 Å². The van der Waals surface area contributed by atoms with Crippen LogP contribution in [-0.2, 0) is 6.54 Å². The summed E-state index contributed by atoms with van der Waals surface area (Å²) >= 11 is 0. The number of hydrogen-bond donors (Lipinski definition) is 2. The highest BCUT2D eigenvalue weighted by atomic mass is 16.2. The molecule has 2 atom stereocenters. The van der Waals surface area contributed by atoms with E-state index in [1.54, 1.807) is 0 Å². The van der Waals surface area contributed by atoms with Crippen LogP contribution < -0.4 is 10.6 Å². The van der Waals surface area contributed by atoms with E-state index in [1.807, 2.05) is 30.3 Å². The minimum absolute atomic E-state index is 0.0906. The van der Waals surface area contributed by atoms with Gasteiger partial charge in [0.25, 0.3) is 0 Å². The van der Waals surface area contributed by atoms with Gasteiger partial charge in [-0.25, -0.2) is 4.79 Å². The van der Waals surface area contributed by atoms with E-state index in [0.717, 1.165) is 25.1 Å². The van der Waals surface area contributed by atoms with Crippen LogP contribution >= 0.6 is 0 Å². The monoisotopic (exact) mass is 335 g/mol. The Morgan fingerprint density at radius 3 is 2.16 bits per heavy atom. The van der Waals surface area contributed by atoms with Crippen LogP contribution in [0.2, 0.25) is 0 Å². The molecule has 0 radical (unpaired) electrons. The summed E-state index contributed by atoms with van der Waals surface area (Å²) in [6.45, 7) is 1.03. The predicted octanol–water partition coefficient (Wildman–Crippen LogP) is 4.00. The standard InChI is InChI=1S/C21H25N3O/c25-21(22-17-9-5-2-6-10-17)23-18-13-19-11-12-20(14-18)24(19)15-16-7-3-1-4-8-16/h1-10,18-20H,11-15H2,(H2,22,23,25). The van der Waals surface area contributed by atoms with E-state index in [0.29, 0.717) is 12.1 Å². The number of para-hydroxylation sites is 1. The first kappa shape index (κ1) is 16.2. The Morgan fingerprint density at radius 1 is 0.920 bits per heavy atom. The van der Waals surface area contributed by atoms with E-state index in [2.05, 4.69) is 45.9 Å². The van der Waals surface area contributed by atoms with Gasteiger partial charge in [0.15, 0.2) is 0 Å². The van der Waals surface area contributed by atoms with Crippen molar-refractivity contribution >= 4 is 11.7 Å². The molecule has 2 saturated heterocycles. The third-order valence-corrected chi connectivity index (χ3v) is 5.46. The molecule has 25 heavy (non-hydrogen) atoms. The number of nitrogens with zero attached hydrogens (tertiary/aromatic N) is 1. The summed E-state index contributed by atoms with van der Waals surface area (Å²) in [5.74, 6) is 0. The number of benzene rings is 2. The zero-order valence-corrected chi connectivity index (χ0v) is 14.4. The molecule has 2 aromatic carbocycles. The van der Waals surface area contributed by atoms with Crippen molar-refractivity contribution < 1.29 is 4.79 Å². The first-order chi connectivity index (χ1) is 12.3. The molecule has 2 aromatic rings. The second-order valence-electron chi connectivity index (χ2n) is 7.18. The van der Waals surface area contributed by atoms with Gasteiger partial charge in [-0.1, -0.05) is 48.5 Å². The summed E-state index contributed by atoms with van der Waals surface area (Å²) in [5, 5.41) is 6.10. The van der Waals surface area contributed by atoms with Crippen LogP contribution in [0.3, 0.4) is 0 Å². The third-order valence-electron chi connectivity index (χ3n) is 5.46. The van der Waals surface area contributed by atoms with Crippen LogP contribution in [0.5, 0.6) is 0 Å². The number of carbonyl (C=O) groups is 1. The zero-order valence-electron chi connectivity index (χ0n) is 14.4. The molecule has 2 aliphatic heterocycles. The number of fused-ring (bicyclic) bond motifs is 2. The van der Waals surface area contributed by atoms with Gasteiger partial charge < -0.3 is 10.6 Å². The largest absolute Gasteiger partial charge is 0.335 e. The molecule has 4 nitrogen and oxygen atoms in total. The predicted molar refractivity (Wildman–Crippen MR) is 100 cm³/mol. The second-order valence-corrected chi connectivity index (χ2v) is 7.18. The fourth-order valence-corrected chi connectivity index (χ4v) is 4.32. The Labute approximate surface area is 149 Å². The fraction of sp³-hybridized carbons (Fsp3) is 0.381. The molecule has 4 heteroatoms. The number of amides is 2. The van der Waals surface area contributed by atoms with E-state index in [-0.39, 0.29) is 12.1 Å². The molecule has 0 aliphatic carbocycles. The Bertz CT molecular complexity index is 690. The van der Waals surface area contributed by atoms with Crippen molar-refractivity contribution in [3.63, 3.8) is 0 Å².